The summed E-state index contributed by atoms with van der Waals surface area (Å²) in [6.45, 7) is 10.0. The Morgan fingerprint density at radius 2 is 2.00 bits per heavy atom. The quantitative estimate of drug-likeness (QED) is 0.907. The van der Waals surface area contributed by atoms with Gasteiger partial charge < -0.3 is 10.0 Å². The van der Waals surface area contributed by atoms with Crippen LogP contribution in [0.3, 0.4) is 0 Å². The second kappa shape index (κ2) is 6.20. The summed E-state index contributed by atoms with van der Waals surface area (Å²) in [5.74, 6) is -0.173. The maximum absolute atomic E-state index is 11.4. The molecule has 1 amide bonds. The molecule has 0 radical (unpaired) electrons. The molecule has 0 spiro atoms. The van der Waals surface area contributed by atoms with Gasteiger partial charge in [0.05, 0.1) is 10.7 Å². The first kappa shape index (κ1) is 15.4. The number of rotatable bonds is 3. The van der Waals surface area contributed by atoms with Gasteiger partial charge in [-0.3, -0.25) is 9.69 Å². The molecule has 20 heavy (non-hydrogen) atoms. The van der Waals surface area contributed by atoms with Crippen LogP contribution in [0.5, 0.6) is 0 Å². The molecule has 1 aliphatic rings. The molecule has 1 aromatic rings. The van der Waals surface area contributed by atoms with E-state index in [2.05, 4.69) is 31.1 Å². The van der Waals surface area contributed by atoms with Crippen molar-refractivity contribution in [2.75, 3.05) is 32.8 Å². The van der Waals surface area contributed by atoms with E-state index in [4.69, 9.17) is 10.1 Å². The monoisotopic (exact) mass is 297 g/mol. The summed E-state index contributed by atoms with van der Waals surface area (Å²) in [6.07, 6.45) is 0. The summed E-state index contributed by atoms with van der Waals surface area (Å²) in [6, 6.07) is 0. The Hall–Kier alpha value is -0.980. The molecule has 1 aliphatic heterocycles. The van der Waals surface area contributed by atoms with Crippen LogP contribution in [0.2, 0.25) is 0 Å². The van der Waals surface area contributed by atoms with Gasteiger partial charge in [-0.2, -0.15) is 0 Å². The van der Waals surface area contributed by atoms with E-state index in [0.717, 1.165) is 25.3 Å². The van der Waals surface area contributed by atoms with E-state index in [9.17, 15) is 4.79 Å². The van der Waals surface area contributed by atoms with Crippen LogP contribution in [-0.4, -0.2) is 58.6 Å². The lowest BCUT2D eigenvalue weighted by molar-refractivity contribution is -0.136. The molecule has 0 saturated carbocycles. The number of carbonyl (C=O) groups excluding carboxylic acids is 1. The van der Waals surface area contributed by atoms with E-state index in [-0.39, 0.29) is 17.9 Å². The molecule has 0 unspecified atom stereocenters. The van der Waals surface area contributed by atoms with Gasteiger partial charge in [0.2, 0.25) is 5.91 Å². The topological polar surface area (TPSA) is 56.7 Å². The lowest BCUT2D eigenvalue weighted by atomic mass is 9.98. The molecule has 5 nitrogen and oxygen atoms in total. The maximum atomic E-state index is 11.4. The van der Waals surface area contributed by atoms with Gasteiger partial charge in [0, 0.05) is 43.5 Å². The van der Waals surface area contributed by atoms with E-state index in [1.54, 1.807) is 16.2 Å². The van der Waals surface area contributed by atoms with Gasteiger partial charge in [-0.25, -0.2) is 4.98 Å². The Morgan fingerprint density at radius 3 is 2.50 bits per heavy atom. The van der Waals surface area contributed by atoms with E-state index in [1.807, 2.05) is 0 Å². The molecule has 0 aliphatic carbocycles. The van der Waals surface area contributed by atoms with Crippen LogP contribution in [-0.2, 0) is 16.8 Å². The van der Waals surface area contributed by atoms with Crippen molar-refractivity contribution in [3.8, 4) is 0 Å². The lowest BCUT2D eigenvalue weighted by Crippen LogP contribution is -2.49. The highest BCUT2D eigenvalue weighted by Gasteiger charge is 2.22. The summed E-state index contributed by atoms with van der Waals surface area (Å²) in [5.41, 5.74) is 1.22. The number of aliphatic hydroxyl groups is 1. The van der Waals surface area contributed by atoms with Gasteiger partial charge in [-0.15, -0.1) is 11.3 Å². The number of carbonyl (C=O) groups is 1. The Kier molecular flexibility index (Phi) is 4.78. The van der Waals surface area contributed by atoms with Gasteiger partial charge in [-0.1, -0.05) is 20.8 Å². The maximum Gasteiger partial charge on any atom is 0.248 e. The Bertz CT molecular complexity index is 459. The van der Waals surface area contributed by atoms with E-state index in [0.29, 0.717) is 13.1 Å². The van der Waals surface area contributed by atoms with Crippen molar-refractivity contribution < 1.29 is 9.90 Å². The lowest BCUT2D eigenvalue weighted by Gasteiger charge is -2.34. The molecule has 0 aromatic carbocycles. The SMILES string of the molecule is CC(C)(C)c1nc(CN2CCN(C(=O)CO)CC2)cs1. The number of aliphatic hydroxyl groups excluding tert-OH is 1. The average Bonchev–Trinajstić information content (AvgIpc) is 2.87. The minimum atomic E-state index is -0.388. The van der Waals surface area contributed by atoms with E-state index < -0.39 is 0 Å². The van der Waals surface area contributed by atoms with Crippen molar-refractivity contribution >= 4 is 17.2 Å². The first-order valence-electron chi connectivity index (χ1n) is 6.96. The zero-order valence-electron chi connectivity index (χ0n) is 12.4. The molecular formula is C14H23N3O2S. The predicted molar refractivity (Wildman–Crippen MR) is 79.8 cm³/mol. The largest absolute Gasteiger partial charge is 0.387 e. The van der Waals surface area contributed by atoms with Crippen molar-refractivity contribution in [1.82, 2.24) is 14.8 Å². The van der Waals surface area contributed by atoms with Crippen LogP contribution < -0.4 is 0 Å². The molecule has 6 heteroatoms. The summed E-state index contributed by atoms with van der Waals surface area (Å²) >= 11 is 1.72. The van der Waals surface area contributed by atoms with Crippen molar-refractivity contribution in [2.24, 2.45) is 0 Å². The Balaban J connectivity index is 1.87. The molecule has 1 fully saturated rings. The Labute approximate surface area is 124 Å². The third kappa shape index (κ3) is 3.77. The minimum absolute atomic E-state index is 0.106. The molecular weight excluding hydrogens is 274 g/mol. The number of aromatic nitrogens is 1. The molecule has 112 valence electrons. The van der Waals surface area contributed by atoms with Gasteiger partial charge in [0.15, 0.2) is 0 Å². The van der Waals surface area contributed by atoms with Crippen molar-refractivity contribution in [3.05, 3.63) is 16.1 Å². The van der Waals surface area contributed by atoms with Crippen LogP contribution in [0, 0.1) is 0 Å². The number of hydrogen-bond acceptors (Lipinski definition) is 5. The van der Waals surface area contributed by atoms with Crippen LogP contribution in [0.15, 0.2) is 5.38 Å². The van der Waals surface area contributed by atoms with Gasteiger partial charge in [0.1, 0.15) is 6.61 Å². The highest BCUT2D eigenvalue weighted by atomic mass is 32.1. The molecule has 1 N–H and O–H groups in total. The summed E-state index contributed by atoms with van der Waals surface area (Å²) < 4.78 is 0. The molecule has 2 rings (SSSR count). The number of hydrogen-bond donors (Lipinski definition) is 1. The number of amides is 1. The van der Waals surface area contributed by atoms with Gasteiger partial charge in [-0.05, 0) is 0 Å². The summed E-state index contributed by atoms with van der Waals surface area (Å²) in [7, 11) is 0. The van der Waals surface area contributed by atoms with Crippen molar-refractivity contribution in [3.63, 3.8) is 0 Å². The second-order valence-corrected chi connectivity index (χ2v) is 7.07. The van der Waals surface area contributed by atoms with E-state index in [1.165, 1.54) is 5.01 Å². The first-order valence-corrected chi connectivity index (χ1v) is 7.84. The Morgan fingerprint density at radius 1 is 1.35 bits per heavy atom. The summed E-state index contributed by atoms with van der Waals surface area (Å²) in [5, 5.41) is 12.2. The third-order valence-electron chi connectivity index (χ3n) is 3.44. The molecule has 1 aromatic heterocycles. The van der Waals surface area contributed by atoms with E-state index >= 15 is 0 Å². The van der Waals surface area contributed by atoms with Crippen LogP contribution >= 0.6 is 11.3 Å². The first-order chi connectivity index (χ1) is 9.40. The predicted octanol–water partition coefficient (Wildman–Crippen LogP) is 1.08. The normalized spacial score (nSPS) is 17.5. The standard InChI is InChI=1S/C14H23N3O2S/c1-14(2,3)13-15-11(10-20-13)8-16-4-6-17(7-5-16)12(19)9-18/h10,18H,4-9H2,1-3H3. The summed E-state index contributed by atoms with van der Waals surface area (Å²) in [4.78, 5) is 20.1. The van der Waals surface area contributed by atoms with Gasteiger partial charge in [0.25, 0.3) is 0 Å². The zero-order chi connectivity index (χ0) is 14.8. The molecule has 0 bridgehead atoms. The number of thiazole rings is 1. The minimum Gasteiger partial charge on any atom is -0.387 e. The molecule has 2 heterocycles. The second-order valence-electron chi connectivity index (χ2n) is 6.21. The number of nitrogens with zero attached hydrogens (tertiary/aromatic N) is 3. The average molecular weight is 297 g/mol. The zero-order valence-corrected chi connectivity index (χ0v) is 13.2. The van der Waals surface area contributed by atoms with Crippen LogP contribution in [0.1, 0.15) is 31.5 Å². The van der Waals surface area contributed by atoms with Crippen LogP contribution in [0.4, 0.5) is 0 Å². The molecule has 1 saturated heterocycles. The van der Waals surface area contributed by atoms with Crippen molar-refractivity contribution in [2.45, 2.75) is 32.7 Å². The smallest absolute Gasteiger partial charge is 0.248 e. The highest BCUT2D eigenvalue weighted by Crippen LogP contribution is 2.26. The third-order valence-corrected chi connectivity index (χ3v) is 4.76. The molecule has 0 atom stereocenters. The fraction of sp³-hybridized carbons (Fsp3) is 0.714. The highest BCUT2D eigenvalue weighted by molar-refractivity contribution is 7.09. The van der Waals surface area contributed by atoms with Crippen molar-refractivity contribution in [1.29, 1.82) is 0 Å². The van der Waals surface area contributed by atoms with Gasteiger partial charge >= 0.3 is 0 Å². The van der Waals surface area contributed by atoms with Crippen LogP contribution in [0.25, 0.3) is 0 Å². The fourth-order valence-electron chi connectivity index (χ4n) is 2.21. The fourth-order valence-corrected chi connectivity index (χ4v) is 3.11. The number of piperazine rings is 1.